The van der Waals surface area contributed by atoms with Crippen molar-refractivity contribution < 1.29 is 14.8 Å². The van der Waals surface area contributed by atoms with E-state index in [0.717, 1.165) is 6.07 Å². The van der Waals surface area contributed by atoms with Gasteiger partial charge in [-0.3, -0.25) is 10.1 Å². The minimum atomic E-state index is -1.17. The third kappa shape index (κ3) is 3.42. The van der Waals surface area contributed by atoms with Crippen molar-refractivity contribution in [3.8, 4) is 6.07 Å². The first-order valence-electron chi connectivity index (χ1n) is 5.49. The molecule has 19 heavy (non-hydrogen) atoms. The van der Waals surface area contributed by atoms with Crippen LogP contribution in [-0.2, 0) is 0 Å². The molecule has 7 heteroatoms. The number of non-ortho nitro benzene ring substituents is 1. The maximum Gasteiger partial charge on any atom is 0.337 e. The van der Waals surface area contributed by atoms with E-state index in [4.69, 9.17) is 10.4 Å². The number of carbonyl (C=O) groups is 1. The van der Waals surface area contributed by atoms with Crippen LogP contribution >= 0.6 is 0 Å². The summed E-state index contributed by atoms with van der Waals surface area (Å²) in [6.07, 6.45) is 0. The molecule has 0 fully saturated rings. The number of benzene rings is 1. The molecule has 1 N–H and O–H groups in total. The van der Waals surface area contributed by atoms with Crippen molar-refractivity contribution in [1.29, 1.82) is 5.26 Å². The topological polar surface area (TPSA) is 107 Å². The van der Waals surface area contributed by atoms with Crippen LogP contribution in [0, 0.1) is 27.4 Å². The van der Waals surface area contributed by atoms with E-state index < -0.39 is 10.9 Å². The number of hydrogen-bond donors (Lipinski definition) is 1. The number of rotatable bonds is 5. The van der Waals surface area contributed by atoms with Crippen molar-refractivity contribution in [2.75, 3.05) is 18.5 Å². The Bertz CT molecular complexity index is 550. The van der Waals surface area contributed by atoms with E-state index in [1.54, 1.807) is 14.0 Å². The average molecular weight is 263 g/mol. The zero-order chi connectivity index (χ0) is 14.6. The second kappa shape index (κ2) is 5.82. The maximum absolute atomic E-state index is 11.1. The average Bonchev–Trinajstić information content (AvgIpc) is 2.37. The van der Waals surface area contributed by atoms with Crippen molar-refractivity contribution in [2.24, 2.45) is 5.92 Å². The minimum absolute atomic E-state index is 0.0294. The molecule has 0 aromatic heterocycles. The van der Waals surface area contributed by atoms with Gasteiger partial charge in [0.2, 0.25) is 0 Å². The molecule has 0 aliphatic carbocycles. The number of nitriles is 1. The van der Waals surface area contributed by atoms with Crippen molar-refractivity contribution in [2.45, 2.75) is 6.92 Å². The highest BCUT2D eigenvalue weighted by Crippen LogP contribution is 2.26. The standard InChI is InChI=1S/C12H13N3O4/c1-8(6-13)7-14(2)11-5-9(15(18)19)3-4-10(11)12(16)17/h3-5,8H,7H2,1-2H3,(H,16,17). The monoisotopic (exact) mass is 263 g/mol. The van der Waals surface area contributed by atoms with Crippen molar-refractivity contribution in [1.82, 2.24) is 0 Å². The predicted molar refractivity (Wildman–Crippen MR) is 68.1 cm³/mol. The lowest BCUT2D eigenvalue weighted by molar-refractivity contribution is -0.384. The second-order valence-corrected chi connectivity index (χ2v) is 4.17. The van der Waals surface area contributed by atoms with Gasteiger partial charge in [0, 0.05) is 25.7 Å². The first-order valence-corrected chi connectivity index (χ1v) is 5.49. The molecule has 1 atom stereocenters. The van der Waals surface area contributed by atoms with E-state index in [1.807, 2.05) is 6.07 Å². The normalized spacial score (nSPS) is 11.4. The van der Waals surface area contributed by atoms with Crippen molar-refractivity contribution in [3.63, 3.8) is 0 Å². The number of aromatic carboxylic acids is 1. The molecular weight excluding hydrogens is 250 g/mol. The molecular formula is C12H13N3O4. The second-order valence-electron chi connectivity index (χ2n) is 4.17. The van der Waals surface area contributed by atoms with Crippen molar-refractivity contribution >= 4 is 17.3 Å². The van der Waals surface area contributed by atoms with Crippen LogP contribution in [0.2, 0.25) is 0 Å². The summed E-state index contributed by atoms with van der Waals surface area (Å²) < 4.78 is 0. The molecule has 1 aromatic rings. The van der Waals surface area contributed by atoms with Gasteiger partial charge in [-0.1, -0.05) is 0 Å². The van der Waals surface area contributed by atoms with Gasteiger partial charge in [-0.25, -0.2) is 4.79 Å². The van der Waals surface area contributed by atoms with E-state index in [1.165, 1.54) is 17.0 Å². The highest BCUT2D eigenvalue weighted by molar-refractivity contribution is 5.95. The molecule has 0 heterocycles. The third-order valence-corrected chi connectivity index (χ3v) is 2.60. The van der Waals surface area contributed by atoms with Gasteiger partial charge in [-0.15, -0.1) is 0 Å². The summed E-state index contributed by atoms with van der Waals surface area (Å²) in [5.74, 6) is -1.48. The van der Waals surface area contributed by atoms with Gasteiger partial charge < -0.3 is 10.0 Å². The van der Waals surface area contributed by atoms with E-state index in [2.05, 4.69) is 0 Å². The Morgan fingerprint density at radius 2 is 2.26 bits per heavy atom. The van der Waals surface area contributed by atoms with Crippen LogP contribution in [0.15, 0.2) is 18.2 Å². The molecule has 1 aromatic carbocycles. The number of carboxylic acid groups (broad SMARTS) is 1. The van der Waals surface area contributed by atoms with Crippen LogP contribution in [0.1, 0.15) is 17.3 Å². The Morgan fingerprint density at radius 1 is 1.63 bits per heavy atom. The fourth-order valence-corrected chi connectivity index (χ4v) is 1.68. The minimum Gasteiger partial charge on any atom is -0.478 e. The Hall–Kier alpha value is -2.62. The summed E-state index contributed by atoms with van der Waals surface area (Å²) in [6, 6.07) is 5.58. The molecule has 0 saturated heterocycles. The molecule has 0 radical (unpaired) electrons. The predicted octanol–water partition coefficient (Wildman–Crippen LogP) is 1.89. The highest BCUT2D eigenvalue weighted by atomic mass is 16.6. The molecule has 0 amide bonds. The summed E-state index contributed by atoms with van der Waals surface area (Å²) in [6.45, 7) is 1.98. The van der Waals surface area contributed by atoms with E-state index in [-0.39, 0.29) is 29.4 Å². The summed E-state index contributed by atoms with van der Waals surface area (Å²) in [4.78, 5) is 22.8. The van der Waals surface area contributed by atoms with Gasteiger partial charge in [0.1, 0.15) is 0 Å². The molecule has 0 spiro atoms. The van der Waals surface area contributed by atoms with Crippen LogP contribution in [0.25, 0.3) is 0 Å². The lowest BCUT2D eigenvalue weighted by Crippen LogP contribution is -2.25. The molecule has 100 valence electrons. The first kappa shape index (κ1) is 14.4. The fourth-order valence-electron chi connectivity index (χ4n) is 1.68. The summed E-state index contributed by atoms with van der Waals surface area (Å²) in [7, 11) is 1.60. The third-order valence-electron chi connectivity index (χ3n) is 2.60. The lowest BCUT2D eigenvalue weighted by atomic mass is 10.1. The maximum atomic E-state index is 11.1. The molecule has 0 aliphatic rings. The number of nitro groups is 1. The van der Waals surface area contributed by atoms with E-state index >= 15 is 0 Å². The van der Waals surface area contributed by atoms with Gasteiger partial charge in [0.15, 0.2) is 0 Å². The highest BCUT2D eigenvalue weighted by Gasteiger charge is 2.19. The van der Waals surface area contributed by atoms with Gasteiger partial charge in [-0.2, -0.15) is 5.26 Å². The smallest absolute Gasteiger partial charge is 0.337 e. The van der Waals surface area contributed by atoms with Crippen molar-refractivity contribution in [3.05, 3.63) is 33.9 Å². The Morgan fingerprint density at radius 3 is 2.74 bits per heavy atom. The zero-order valence-corrected chi connectivity index (χ0v) is 10.5. The molecule has 7 nitrogen and oxygen atoms in total. The fraction of sp³-hybridized carbons (Fsp3) is 0.333. The van der Waals surface area contributed by atoms with E-state index in [9.17, 15) is 14.9 Å². The number of hydrogen-bond acceptors (Lipinski definition) is 5. The molecule has 1 rings (SSSR count). The van der Waals surface area contributed by atoms with Crippen LogP contribution in [0.4, 0.5) is 11.4 Å². The van der Waals surface area contributed by atoms with E-state index in [0.29, 0.717) is 0 Å². The number of nitrogens with zero attached hydrogens (tertiary/aromatic N) is 3. The Labute approximate surface area is 109 Å². The van der Waals surface area contributed by atoms with Crippen LogP contribution < -0.4 is 4.90 Å². The van der Waals surface area contributed by atoms with Crippen LogP contribution in [0.3, 0.4) is 0 Å². The Balaban J connectivity index is 3.21. The van der Waals surface area contributed by atoms with Gasteiger partial charge >= 0.3 is 5.97 Å². The molecule has 0 bridgehead atoms. The largest absolute Gasteiger partial charge is 0.478 e. The number of anilines is 1. The van der Waals surface area contributed by atoms with Gasteiger partial charge in [-0.05, 0) is 13.0 Å². The number of nitro benzene ring substituents is 1. The number of carboxylic acids is 1. The quantitative estimate of drug-likeness (QED) is 0.642. The van der Waals surface area contributed by atoms with Gasteiger partial charge in [0.05, 0.1) is 28.2 Å². The molecule has 1 unspecified atom stereocenters. The zero-order valence-electron chi connectivity index (χ0n) is 10.5. The summed E-state index contributed by atoms with van der Waals surface area (Å²) in [5, 5.41) is 28.5. The van der Waals surface area contributed by atoms with Crippen LogP contribution in [-0.4, -0.2) is 29.6 Å². The summed E-state index contributed by atoms with van der Waals surface area (Å²) >= 11 is 0. The summed E-state index contributed by atoms with van der Waals surface area (Å²) in [5.41, 5.74) is 0.0125. The molecule has 0 aliphatic heterocycles. The lowest BCUT2D eigenvalue weighted by Gasteiger charge is -2.21. The van der Waals surface area contributed by atoms with Crippen LogP contribution in [0.5, 0.6) is 0 Å². The van der Waals surface area contributed by atoms with Gasteiger partial charge in [0.25, 0.3) is 5.69 Å². The first-order chi connectivity index (χ1) is 8.86. The Kier molecular flexibility index (Phi) is 4.42. The SMILES string of the molecule is CC(C#N)CN(C)c1cc([N+](=O)[O-])ccc1C(=O)O. The molecule has 0 saturated carbocycles.